The molecule has 1 aliphatic heterocycles. The number of carbonyl (C=O) groups excluding carboxylic acids is 3. The van der Waals surface area contributed by atoms with Crippen LogP contribution in [0.15, 0.2) is 48.5 Å². The second-order valence-electron chi connectivity index (χ2n) is 7.47. The number of anilines is 1. The number of halogens is 1. The molecule has 0 spiro atoms. The highest BCUT2D eigenvalue weighted by atomic mass is 35.5. The first-order valence-electron chi connectivity index (χ1n) is 10.2. The van der Waals surface area contributed by atoms with Gasteiger partial charge in [0, 0.05) is 31.7 Å². The van der Waals surface area contributed by atoms with Crippen molar-refractivity contribution in [3.8, 4) is 5.75 Å². The molecule has 1 aliphatic rings. The number of carbonyl (C=O) groups is 3. The maximum Gasteiger partial charge on any atom is 0.263 e. The van der Waals surface area contributed by atoms with Crippen molar-refractivity contribution in [1.82, 2.24) is 9.80 Å². The molecule has 0 aliphatic carbocycles. The van der Waals surface area contributed by atoms with E-state index in [1.807, 2.05) is 11.0 Å². The molecular weight excluding hydrogens is 418 g/mol. The first-order chi connectivity index (χ1) is 14.8. The van der Waals surface area contributed by atoms with Crippen LogP contribution in [-0.2, 0) is 9.59 Å². The van der Waals surface area contributed by atoms with Crippen LogP contribution < -0.4 is 10.1 Å². The van der Waals surface area contributed by atoms with E-state index in [2.05, 4.69) is 5.32 Å². The fourth-order valence-corrected chi connectivity index (χ4v) is 3.56. The number of ether oxygens (including phenoxy) is 1. The summed E-state index contributed by atoms with van der Waals surface area (Å²) < 4.78 is 5.76. The Hall–Kier alpha value is -2.90. The summed E-state index contributed by atoms with van der Waals surface area (Å²) in [7, 11) is 0. The summed E-state index contributed by atoms with van der Waals surface area (Å²) in [5, 5.41) is 3.31. The zero-order valence-electron chi connectivity index (χ0n) is 17.6. The van der Waals surface area contributed by atoms with Gasteiger partial charge in [-0.15, -0.1) is 0 Å². The molecule has 2 aromatic rings. The van der Waals surface area contributed by atoms with Crippen LogP contribution in [0.3, 0.4) is 0 Å². The molecule has 1 heterocycles. The molecule has 7 nitrogen and oxygen atoms in total. The molecule has 0 saturated carbocycles. The second kappa shape index (κ2) is 10.4. The number of nitrogens with zero attached hydrogens (tertiary/aromatic N) is 2. The number of para-hydroxylation sites is 1. The lowest BCUT2D eigenvalue weighted by Crippen LogP contribution is -2.53. The molecule has 1 saturated heterocycles. The molecule has 0 aromatic heterocycles. The van der Waals surface area contributed by atoms with Gasteiger partial charge in [-0.3, -0.25) is 19.3 Å². The average molecular weight is 444 g/mol. The summed E-state index contributed by atoms with van der Waals surface area (Å²) in [5.74, 6) is 0.172. The molecule has 2 aromatic carbocycles. The Morgan fingerprint density at radius 3 is 2.45 bits per heavy atom. The van der Waals surface area contributed by atoms with E-state index < -0.39 is 6.10 Å². The highest BCUT2D eigenvalue weighted by molar-refractivity contribution is 6.33. The van der Waals surface area contributed by atoms with Gasteiger partial charge in [-0.25, -0.2) is 0 Å². The standard InChI is InChI=1S/C23H26ClN3O4/c1-16(28)18-6-5-7-19(14-18)31-17(2)23(30)27-12-10-26(11-13-27)15-22(29)25-21-9-4-3-8-20(21)24/h3-9,14,17H,10-13,15H2,1-2H3,(H,25,29). The Morgan fingerprint density at radius 1 is 1.06 bits per heavy atom. The maximum atomic E-state index is 12.8. The predicted octanol–water partition coefficient (Wildman–Crippen LogP) is 3.09. The molecule has 1 fully saturated rings. The van der Waals surface area contributed by atoms with Gasteiger partial charge in [0.1, 0.15) is 5.75 Å². The number of piperazine rings is 1. The molecule has 1 atom stereocenters. The molecule has 0 bridgehead atoms. The van der Waals surface area contributed by atoms with Crippen LogP contribution in [0.1, 0.15) is 24.2 Å². The Balaban J connectivity index is 1.47. The number of benzene rings is 2. The maximum absolute atomic E-state index is 12.8. The Morgan fingerprint density at radius 2 is 1.77 bits per heavy atom. The van der Waals surface area contributed by atoms with Crippen molar-refractivity contribution in [2.45, 2.75) is 20.0 Å². The van der Waals surface area contributed by atoms with Gasteiger partial charge in [-0.2, -0.15) is 0 Å². The third kappa shape index (κ3) is 6.29. The number of hydrogen-bond acceptors (Lipinski definition) is 5. The predicted molar refractivity (Wildman–Crippen MR) is 120 cm³/mol. The van der Waals surface area contributed by atoms with Gasteiger partial charge in [-0.05, 0) is 38.1 Å². The lowest BCUT2D eigenvalue weighted by Gasteiger charge is -2.35. The van der Waals surface area contributed by atoms with Crippen LogP contribution in [0.25, 0.3) is 0 Å². The summed E-state index contributed by atoms with van der Waals surface area (Å²) in [6.45, 7) is 5.63. The number of ketones is 1. The lowest BCUT2D eigenvalue weighted by atomic mass is 10.1. The highest BCUT2D eigenvalue weighted by Crippen LogP contribution is 2.20. The van der Waals surface area contributed by atoms with Crippen molar-refractivity contribution in [3.63, 3.8) is 0 Å². The van der Waals surface area contributed by atoms with Gasteiger partial charge < -0.3 is 15.0 Å². The Bertz CT molecular complexity index is 957. The second-order valence-corrected chi connectivity index (χ2v) is 7.88. The van der Waals surface area contributed by atoms with E-state index in [-0.39, 0.29) is 24.1 Å². The van der Waals surface area contributed by atoms with Crippen LogP contribution in [0.5, 0.6) is 5.75 Å². The average Bonchev–Trinajstić information content (AvgIpc) is 2.75. The SMILES string of the molecule is CC(=O)c1cccc(OC(C)C(=O)N2CCN(CC(=O)Nc3ccccc3Cl)CC2)c1. The van der Waals surface area contributed by atoms with Crippen molar-refractivity contribution >= 4 is 34.9 Å². The first-order valence-corrected chi connectivity index (χ1v) is 10.5. The lowest BCUT2D eigenvalue weighted by molar-refractivity contribution is -0.139. The minimum Gasteiger partial charge on any atom is -0.481 e. The van der Waals surface area contributed by atoms with E-state index in [9.17, 15) is 14.4 Å². The van der Waals surface area contributed by atoms with Gasteiger partial charge in [-0.1, -0.05) is 35.9 Å². The molecule has 1 N–H and O–H groups in total. The summed E-state index contributed by atoms with van der Waals surface area (Å²) in [6, 6.07) is 13.9. The van der Waals surface area contributed by atoms with Crippen LogP contribution >= 0.6 is 11.6 Å². The van der Waals surface area contributed by atoms with E-state index in [1.165, 1.54) is 6.92 Å². The molecule has 8 heteroatoms. The number of hydrogen-bond donors (Lipinski definition) is 1. The monoisotopic (exact) mass is 443 g/mol. The quantitative estimate of drug-likeness (QED) is 0.665. The van der Waals surface area contributed by atoms with Crippen molar-refractivity contribution < 1.29 is 19.1 Å². The zero-order valence-corrected chi connectivity index (χ0v) is 18.4. The normalized spacial score (nSPS) is 15.3. The zero-order chi connectivity index (χ0) is 22.4. The molecule has 2 amide bonds. The van der Waals surface area contributed by atoms with Crippen molar-refractivity contribution in [2.24, 2.45) is 0 Å². The molecule has 31 heavy (non-hydrogen) atoms. The summed E-state index contributed by atoms with van der Waals surface area (Å²) in [5.41, 5.74) is 1.13. The van der Waals surface area contributed by atoms with E-state index in [4.69, 9.17) is 16.3 Å². The van der Waals surface area contributed by atoms with E-state index >= 15 is 0 Å². The van der Waals surface area contributed by atoms with Gasteiger partial charge in [0.2, 0.25) is 5.91 Å². The molecular formula is C23H26ClN3O4. The van der Waals surface area contributed by atoms with Crippen LogP contribution in [0.4, 0.5) is 5.69 Å². The topological polar surface area (TPSA) is 79.0 Å². The fraction of sp³-hybridized carbons (Fsp3) is 0.348. The number of rotatable bonds is 7. The Kier molecular flexibility index (Phi) is 7.65. The smallest absolute Gasteiger partial charge is 0.263 e. The van der Waals surface area contributed by atoms with Crippen molar-refractivity contribution in [3.05, 3.63) is 59.1 Å². The molecule has 164 valence electrons. The van der Waals surface area contributed by atoms with E-state index in [0.717, 1.165) is 0 Å². The summed E-state index contributed by atoms with van der Waals surface area (Å²) in [4.78, 5) is 40.3. The van der Waals surface area contributed by atoms with Crippen LogP contribution in [0, 0.1) is 0 Å². The first kappa shape index (κ1) is 22.8. The van der Waals surface area contributed by atoms with Gasteiger partial charge >= 0.3 is 0 Å². The van der Waals surface area contributed by atoms with Crippen molar-refractivity contribution in [1.29, 1.82) is 0 Å². The minimum absolute atomic E-state index is 0.0564. The van der Waals surface area contributed by atoms with Crippen molar-refractivity contribution in [2.75, 3.05) is 38.0 Å². The van der Waals surface area contributed by atoms with E-state index in [0.29, 0.717) is 48.2 Å². The highest BCUT2D eigenvalue weighted by Gasteiger charge is 2.27. The molecule has 0 radical (unpaired) electrons. The fourth-order valence-electron chi connectivity index (χ4n) is 3.38. The third-order valence-electron chi connectivity index (χ3n) is 5.10. The van der Waals surface area contributed by atoms with Gasteiger partial charge in [0.25, 0.3) is 5.91 Å². The Labute approximate surface area is 186 Å². The van der Waals surface area contributed by atoms with Gasteiger partial charge in [0.15, 0.2) is 11.9 Å². The molecule has 1 unspecified atom stereocenters. The summed E-state index contributed by atoms with van der Waals surface area (Å²) in [6.07, 6.45) is -0.669. The third-order valence-corrected chi connectivity index (χ3v) is 5.43. The minimum atomic E-state index is -0.669. The number of nitrogens with one attached hydrogen (secondary N) is 1. The number of amides is 2. The van der Waals surface area contributed by atoms with Crippen LogP contribution in [-0.4, -0.2) is 66.2 Å². The van der Waals surface area contributed by atoms with Gasteiger partial charge in [0.05, 0.1) is 17.3 Å². The largest absolute Gasteiger partial charge is 0.481 e. The molecule has 3 rings (SSSR count). The van der Waals surface area contributed by atoms with Crippen LogP contribution in [0.2, 0.25) is 5.02 Å². The summed E-state index contributed by atoms with van der Waals surface area (Å²) >= 11 is 6.08. The number of Topliss-reactive ketones (excluding diaryl/α,β-unsaturated/α-hetero) is 1. The van der Waals surface area contributed by atoms with E-state index in [1.54, 1.807) is 54.3 Å².